The van der Waals surface area contributed by atoms with Gasteiger partial charge >= 0.3 is 0 Å². The zero-order chi connectivity index (χ0) is 12.8. The molecule has 2 heterocycles. The molecule has 0 aliphatic carbocycles. The molecule has 18 heavy (non-hydrogen) atoms. The molecule has 0 spiro atoms. The van der Waals surface area contributed by atoms with Gasteiger partial charge in [0.05, 0.1) is 0 Å². The molecule has 104 valence electrons. The van der Waals surface area contributed by atoms with Crippen molar-refractivity contribution < 1.29 is 4.79 Å². The van der Waals surface area contributed by atoms with Crippen molar-refractivity contribution in [3.63, 3.8) is 0 Å². The quantitative estimate of drug-likeness (QED) is 0.849. The van der Waals surface area contributed by atoms with Gasteiger partial charge in [0.1, 0.15) is 0 Å². The molecular formula is C14H26N2OS. The van der Waals surface area contributed by atoms with E-state index in [1.807, 2.05) is 11.8 Å². The fourth-order valence-corrected chi connectivity index (χ4v) is 3.74. The minimum Gasteiger partial charge on any atom is -0.343 e. The van der Waals surface area contributed by atoms with E-state index < -0.39 is 0 Å². The van der Waals surface area contributed by atoms with E-state index in [9.17, 15) is 4.79 Å². The van der Waals surface area contributed by atoms with Crippen LogP contribution in [0.4, 0.5) is 0 Å². The number of hydrogen-bond acceptors (Lipinski definition) is 3. The lowest BCUT2D eigenvalue weighted by Gasteiger charge is -2.21. The van der Waals surface area contributed by atoms with Crippen molar-refractivity contribution in [3.05, 3.63) is 0 Å². The van der Waals surface area contributed by atoms with E-state index in [0.29, 0.717) is 5.91 Å². The highest BCUT2D eigenvalue weighted by Gasteiger charge is 2.21. The third-order valence-electron chi connectivity index (χ3n) is 4.29. The van der Waals surface area contributed by atoms with Crippen LogP contribution in [-0.4, -0.2) is 48.5 Å². The van der Waals surface area contributed by atoms with Gasteiger partial charge in [0, 0.05) is 24.8 Å². The van der Waals surface area contributed by atoms with Gasteiger partial charge in [0.25, 0.3) is 0 Å². The Kier molecular flexibility index (Phi) is 5.83. The number of thioether (sulfide) groups is 1. The Bertz CT molecular complexity index is 267. The van der Waals surface area contributed by atoms with Crippen LogP contribution in [0.5, 0.6) is 0 Å². The highest BCUT2D eigenvalue weighted by molar-refractivity contribution is 7.99. The Labute approximate surface area is 115 Å². The first-order chi connectivity index (χ1) is 8.79. The van der Waals surface area contributed by atoms with Crippen LogP contribution in [0.15, 0.2) is 0 Å². The molecule has 2 atom stereocenters. The maximum absolute atomic E-state index is 12.2. The van der Waals surface area contributed by atoms with Gasteiger partial charge in [0.15, 0.2) is 0 Å². The summed E-state index contributed by atoms with van der Waals surface area (Å²) in [6, 6.07) is 0. The Morgan fingerprint density at radius 3 is 2.94 bits per heavy atom. The van der Waals surface area contributed by atoms with Crippen LogP contribution in [-0.2, 0) is 4.79 Å². The van der Waals surface area contributed by atoms with Crippen LogP contribution in [0.2, 0.25) is 0 Å². The van der Waals surface area contributed by atoms with Crippen molar-refractivity contribution in [1.82, 2.24) is 10.2 Å². The fraction of sp³-hybridized carbons (Fsp3) is 0.929. The van der Waals surface area contributed by atoms with Gasteiger partial charge in [0.2, 0.25) is 5.91 Å². The lowest BCUT2D eigenvalue weighted by molar-refractivity contribution is -0.131. The molecule has 2 saturated heterocycles. The van der Waals surface area contributed by atoms with Crippen LogP contribution in [0.3, 0.4) is 0 Å². The molecule has 3 nitrogen and oxygen atoms in total. The minimum atomic E-state index is 0.392. The van der Waals surface area contributed by atoms with Crippen molar-refractivity contribution in [2.75, 3.05) is 32.4 Å². The predicted octanol–water partition coefficient (Wildman–Crippen LogP) is 2.12. The van der Waals surface area contributed by atoms with Gasteiger partial charge in [-0.15, -0.1) is 0 Å². The molecule has 0 radical (unpaired) electrons. The summed E-state index contributed by atoms with van der Waals surface area (Å²) in [6.45, 7) is 4.21. The Balaban J connectivity index is 1.70. The van der Waals surface area contributed by atoms with E-state index in [-0.39, 0.29) is 0 Å². The molecule has 2 unspecified atom stereocenters. The highest BCUT2D eigenvalue weighted by atomic mass is 32.2. The molecule has 2 aliphatic rings. The first kappa shape index (κ1) is 14.2. The highest BCUT2D eigenvalue weighted by Crippen LogP contribution is 2.22. The number of hydrogen-bond donors (Lipinski definition) is 1. The molecule has 2 rings (SSSR count). The monoisotopic (exact) mass is 270 g/mol. The molecule has 0 bridgehead atoms. The van der Waals surface area contributed by atoms with Crippen LogP contribution >= 0.6 is 11.8 Å². The average Bonchev–Trinajstić information content (AvgIpc) is 2.79. The zero-order valence-corrected chi connectivity index (χ0v) is 12.3. The standard InChI is InChI=1S/C14H26N2OS/c1-18-13-3-2-9-16(10-7-13)14(17)5-4-12-6-8-15-11-12/h12-13,15H,2-11H2,1H3. The van der Waals surface area contributed by atoms with Crippen molar-refractivity contribution in [2.45, 2.75) is 43.8 Å². The van der Waals surface area contributed by atoms with Crippen LogP contribution in [0.25, 0.3) is 0 Å². The van der Waals surface area contributed by atoms with Crippen LogP contribution in [0.1, 0.15) is 38.5 Å². The molecule has 2 aliphatic heterocycles. The zero-order valence-electron chi connectivity index (χ0n) is 11.5. The summed E-state index contributed by atoms with van der Waals surface area (Å²) in [7, 11) is 0. The van der Waals surface area contributed by atoms with Crippen molar-refractivity contribution in [2.24, 2.45) is 5.92 Å². The van der Waals surface area contributed by atoms with Crippen LogP contribution < -0.4 is 5.32 Å². The van der Waals surface area contributed by atoms with Gasteiger partial charge in [-0.25, -0.2) is 0 Å². The van der Waals surface area contributed by atoms with Gasteiger partial charge in [-0.3, -0.25) is 4.79 Å². The van der Waals surface area contributed by atoms with Crippen molar-refractivity contribution in [3.8, 4) is 0 Å². The average molecular weight is 270 g/mol. The number of carbonyl (C=O) groups excluding carboxylic acids is 1. The summed E-state index contributed by atoms with van der Waals surface area (Å²) in [6.07, 6.45) is 8.92. The number of carbonyl (C=O) groups is 1. The maximum atomic E-state index is 12.2. The SMILES string of the molecule is CSC1CCCN(C(=O)CCC2CCNC2)CC1. The number of likely N-dealkylation sites (tertiary alicyclic amines) is 1. The van der Waals surface area contributed by atoms with E-state index in [1.165, 1.54) is 25.7 Å². The smallest absolute Gasteiger partial charge is 0.222 e. The number of amides is 1. The molecule has 0 aromatic rings. The number of rotatable bonds is 4. The summed E-state index contributed by atoms with van der Waals surface area (Å²) in [4.78, 5) is 14.3. The fourth-order valence-electron chi connectivity index (χ4n) is 3.00. The molecular weight excluding hydrogens is 244 g/mol. The Hall–Kier alpha value is -0.220. The van der Waals surface area contributed by atoms with E-state index in [4.69, 9.17) is 0 Å². The van der Waals surface area contributed by atoms with Crippen LogP contribution in [0, 0.1) is 5.92 Å². The second kappa shape index (κ2) is 7.39. The maximum Gasteiger partial charge on any atom is 0.222 e. The molecule has 4 heteroatoms. The van der Waals surface area contributed by atoms with Gasteiger partial charge in [-0.2, -0.15) is 11.8 Å². The normalized spacial score (nSPS) is 29.3. The third-order valence-corrected chi connectivity index (χ3v) is 5.43. The first-order valence-electron chi connectivity index (χ1n) is 7.31. The summed E-state index contributed by atoms with van der Waals surface area (Å²) < 4.78 is 0. The molecule has 0 aromatic carbocycles. The number of nitrogens with one attached hydrogen (secondary N) is 1. The summed E-state index contributed by atoms with van der Waals surface area (Å²) in [5.74, 6) is 1.13. The molecule has 2 fully saturated rings. The number of nitrogens with zero attached hydrogens (tertiary/aromatic N) is 1. The van der Waals surface area contributed by atoms with Gasteiger partial charge in [-0.05, 0) is 57.4 Å². The molecule has 0 aromatic heterocycles. The summed E-state index contributed by atoms with van der Waals surface area (Å²) >= 11 is 1.96. The van der Waals surface area contributed by atoms with Crippen molar-refractivity contribution >= 4 is 17.7 Å². The lowest BCUT2D eigenvalue weighted by Crippen LogP contribution is -2.32. The third kappa shape index (κ3) is 4.16. The summed E-state index contributed by atoms with van der Waals surface area (Å²) in [5.41, 5.74) is 0. The topological polar surface area (TPSA) is 32.3 Å². The van der Waals surface area contributed by atoms with Crippen molar-refractivity contribution in [1.29, 1.82) is 0 Å². The second-order valence-corrected chi connectivity index (χ2v) is 6.70. The summed E-state index contributed by atoms with van der Waals surface area (Å²) in [5, 5.41) is 4.14. The minimum absolute atomic E-state index is 0.392. The predicted molar refractivity (Wildman–Crippen MR) is 77.9 cm³/mol. The Morgan fingerprint density at radius 1 is 1.33 bits per heavy atom. The molecule has 0 saturated carbocycles. The lowest BCUT2D eigenvalue weighted by atomic mass is 10.0. The van der Waals surface area contributed by atoms with Gasteiger partial charge in [-0.1, -0.05) is 0 Å². The second-order valence-electron chi connectivity index (χ2n) is 5.57. The van der Waals surface area contributed by atoms with E-state index in [0.717, 1.165) is 50.2 Å². The molecule has 1 amide bonds. The van der Waals surface area contributed by atoms with Gasteiger partial charge < -0.3 is 10.2 Å². The Morgan fingerprint density at radius 2 is 2.22 bits per heavy atom. The first-order valence-corrected chi connectivity index (χ1v) is 8.59. The molecule has 1 N–H and O–H groups in total. The van der Waals surface area contributed by atoms with E-state index in [1.54, 1.807) is 0 Å². The van der Waals surface area contributed by atoms with E-state index in [2.05, 4.69) is 16.5 Å². The largest absolute Gasteiger partial charge is 0.343 e. The van der Waals surface area contributed by atoms with E-state index >= 15 is 0 Å².